The number of aromatic nitrogens is 2. The minimum atomic E-state index is -0.891. The molecular weight excluding hydrogens is 769 g/mol. The summed E-state index contributed by atoms with van der Waals surface area (Å²) in [5.41, 5.74) is 18.2. The van der Waals surface area contributed by atoms with Crippen molar-refractivity contribution in [2.45, 2.75) is 104 Å². The maximum atomic E-state index is 11.5. The zero-order chi connectivity index (χ0) is 43.9. The molecule has 2 aliphatic heterocycles. The fourth-order valence-corrected chi connectivity index (χ4v) is 9.17. The average Bonchev–Trinajstić information content (AvgIpc) is 3.27. The van der Waals surface area contributed by atoms with Gasteiger partial charge in [-0.25, -0.2) is 9.59 Å². The molecule has 0 spiro atoms. The van der Waals surface area contributed by atoms with Gasteiger partial charge in [-0.05, 0) is 167 Å². The van der Waals surface area contributed by atoms with Gasteiger partial charge in [0.05, 0.1) is 11.1 Å². The quantitative estimate of drug-likeness (QED) is 0.0961. The molecule has 0 bridgehead atoms. The first kappa shape index (κ1) is 44.1. The van der Waals surface area contributed by atoms with Gasteiger partial charge in [-0.15, -0.1) is 0 Å². The van der Waals surface area contributed by atoms with Gasteiger partial charge in [0, 0.05) is 36.9 Å². The van der Waals surface area contributed by atoms with E-state index < -0.39 is 11.9 Å². The van der Waals surface area contributed by atoms with E-state index in [1.807, 2.05) is 0 Å². The van der Waals surface area contributed by atoms with Gasteiger partial charge >= 0.3 is 11.9 Å². The fourth-order valence-electron chi connectivity index (χ4n) is 9.17. The Hall–Kier alpha value is -5.96. The van der Waals surface area contributed by atoms with Gasteiger partial charge in [0.15, 0.2) is 0 Å². The van der Waals surface area contributed by atoms with E-state index in [0.29, 0.717) is 35.8 Å². The Morgan fingerprint density at radius 1 is 0.597 bits per heavy atom. The number of benzene rings is 4. The van der Waals surface area contributed by atoms with E-state index in [1.54, 1.807) is 36.9 Å². The summed E-state index contributed by atoms with van der Waals surface area (Å²) in [7, 11) is 0. The van der Waals surface area contributed by atoms with Crippen molar-refractivity contribution in [3.05, 3.63) is 176 Å². The molecule has 8 rings (SSSR count). The van der Waals surface area contributed by atoms with E-state index >= 15 is 0 Å². The number of rotatable bonds is 12. The lowest BCUT2D eigenvalue weighted by Crippen LogP contribution is -2.30. The van der Waals surface area contributed by atoms with Crippen molar-refractivity contribution in [2.75, 3.05) is 13.1 Å². The van der Waals surface area contributed by atoms with Crippen LogP contribution in [0, 0.1) is 13.8 Å². The number of aryl methyl sites for hydroxylation is 4. The van der Waals surface area contributed by atoms with E-state index in [2.05, 4.69) is 135 Å². The lowest BCUT2D eigenvalue weighted by atomic mass is 9.87. The van der Waals surface area contributed by atoms with Crippen LogP contribution >= 0.6 is 0 Å². The molecule has 2 atom stereocenters. The Balaban J connectivity index is 0.000000186. The summed E-state index contributed by atoms with van der Waals surface area (Å²) in [6.45, 7) is 15.2. The van der Waals surface area contributed by atoms with Gasteiger partial charge < -0.3 is 20.8 Å². The van der Waals surface area contributed by atoms with Gasteiger partial charge in [-0.2, -0.15) is 0 Å². The molecule has 0 saturated heterocycles. The molecule has 4 heterocycles. The van der Waals surface area contributed by atoms with Crippen molar-refractivity contribution in [1.29, 1.82) is 0 Å². The Morgan fingerprint density at radius 2 is 1.02 bits per heavy atom. The number of aromatic carboxylic acids is 2. The highest BCUT2D eigenvalue weighted by molar-refractivity contribution is 5.89. The summed E-state index contributed by atoms with van der Waals surface area (Å²) in [5, 5.41) is 26.1. The minimum absolute atomic E-state index is 0.226. The average molecular weight is 829 g/mol. The molecule has 0 aliphatic carbocycles. The third-order valence-electron chi connectivity index (χ3n) is 12.7. The van der Waals surface area contributed by atoms with E-state index in [4.69, 9.17) is 0 Å². The number of hydrogen-bond acceptors (Lipinski definition) is 6. The minimum Gasteiger partial charge on any atom is -0.478 e. The van der Waals surface area contributed by atoms with Crippen molar-refractivity contribution in [3.63, 3.8) is 0 Å². The molecule has 6 aromatic rings. The summed E-state index contributed by atoms with van der Waals surface area (Å²) in [5.74, 6) is -0.718. The molecule has 0 amide bonds. The van der Waals surface area contributed by atoms with Crippen LogP contribution in [0.2, 0.25) is 0 Å². The number of nitrogens with zero attached hydrogens (tertiary/aromatic N) is 2. The summed E-state index contributed by atoms with van der Waals surface area (Å²) in [6.07, 6.45) is 11.5. The number of nitrogens with one attached hydrogen (secondary N) is 2. The van der Waals surface area contributed by atoms with Crippen molar-refractivity contribution < 1.29 is 19.8 Å². The monoisotopic (exact) mass is 828 g/mol. The van der Waals surface area contributed by atoms with Crippen molar-refractivity contribution >= 4 is 11.9 Å². The predicted octanol–water partition coefficient (Wildman–Crippen LogP) is 11.4. The van der Waals surface area contributed by atoms with Crippen LogP contribution in [0.4, 0.5) is 0 Å². The number of carboxylic acids is 2. The normalized spacial score (nSPS) is 15.7. The Labute approximate surface area is 366 Å². The fraction of sp³-hybridized carbons (Fsp3) is 0.333. The number of carboxylic acid groups (broad SMARTS) is 2. The first-order chi connectivity index (χ1) is 29.9. The Bertz CT molecular complexity index is 2380. The molecule has 4 N–H and O–H groups in total. The van der Waals surface area contributed by atoms with Crippen LogP contribution in [-0.4, -0.2) is 45.2 Å². The van der Waals surface area contributed by atoms with E-state index in [0.717, 1.165) is 49.9 Å². The highest BCUT2D eigenvalue weighted by Gasteiger charge is 2.23. The topological polar surface area (TPSA) is 124 Å². The van der Waals surface area contributed by atoms with Gasteiger partial charge in [-0.3, -0.25) is 9.97 Å². The molecule has 8 heteroatoms. The van der Waals surface area contributed by atoms with Gasteiger partial charge in [0.2, 0.25) is 0 Å². The molecule has 62 heavy (non-hydrogen) atoms. The predicted molar refractivity (Wildman–Crippen MR) is 249 cm³/mol. The number of pyridine rings is 2. The molecule has 320 valence electrons. The lowest BCUT2D eigenvalue weighted by molar-refractivity contribution is 0.0684. The van der Waals surface area contributed by atoms with Crippen LogP contribution in [0.15, 0.2) is 110 Å². The van der Waals surface area contributed by atoms with Crippen LogP contribution in [0.5, 0.6) is 0 Å². The third-order valence-corrected chi connectivity index (χ3v) is 12.7. The zero-order valence-electron chi connectivity index (χ0n) is 37.0. The lowest BCUT2D eigenvalue weighted by Gasteiger charge is -2.28. The number of fused-ring (bicyclic) bond motifs is 2. The summed E-state index contributed by atoms with van der Waals surface area (Å²) >= 11 is 0. The molecule has 2 aliphatic rings. The van der Waals surface area contributed by atoms with E-state index in [-0.39, 0.29) is 12.1 Å². The molecule has 0 fully saturated rings. The van der Waals surface area contributed by atoms with Crippen LogP contribution in [0.1, 0.15) is 141 Å². The maximum absolute atomic E-state index is 11.5. The largest absolute Gasteiger partial charge is 0.478 e. The highest BCUT2D eigenvalue weighted by Crippen LogP contribution is 2.35. The Morgan fingerprint density at radius 3 is 1.39 bits per heavy atom. The second-order valence-electron chi connectivity index (χ2n) is 17.6. The van der Waals surface area contributed by atoms with Crippen molar-refractivity contribution in [2.24, 2.45) is 0 Å². The first-order valence-electron chi connectivity index (χ1n) is 22.1. The van der Waals surface area contributed by atoms with Gasteiger partial charge in [0.1, 0.15) is 0 Å². The smallest absolute Gasteiger partial charge is 0.336 e. The zero-order valence-corrected chi connectivity index (χ0v) is 37.0. The first-order valence-corrected chi connectivity index (χ1v) is 22.1. The molecule has 0 saturated carbocycles. The molecular formula is C54H60N4O4. The van der Waals surface area contributed by atoms with Gasteiger partial charge in [-0.1, -0.05) is 100 Å². The molecule has 0 radical (unpaired) electrons. The Kier molecular flexibility index (Phi) is 14.1. The number of carbonyl (C=O) groups is 2. The molecule has 8 nitrogen and oxygen atoms in total. The van der Waals surface area contributed by atoms with Crippen LogP contribution in [0.25, 0.3) is 22.3 Å². The molecule has 2 aromatic heterocycles. The second-order valence-corrected chi connectivity index (χ2v) is 17.6. The van der Waals surface area contributed by atoms with Crippen LogP contribution in [0.3, 0.4) is 0 Å². The van der Waals surface area contributed by atoms with Crippen LogP contribution < -0.4 is 10.6 Å². The van der Waals surface area contributed by atoms with E-state index in [9.17, 15) is 19.8 Å². The maximum Gasteiger partial charge on any atom is 0.336 e. The molecule has 4 aromatic carbocycles. The second kappa shape index (κ2) is 19.8. The number of hydrogen-bond donors (Lipinski definition) is 4. The summed E-state index contributed by atoms with van der Waals surface area (Å²) in [4.78, 5) is 31.2. The van der Waals surface area contributed by atoms with Crippen LogP contribution in [-0.2, 0) is 25.7 Å². The van der Waals surface area contributed by atoms with Gasteiger partial charge in [0.25, 0.3) is 0 Å². The summed E-state index contributed by atoms with van der Waals surface area (Å²) in [6, 6.07) is 30.8. The highest BCUT2D eigenvalue weighted by atomic mass is 16.4. The summed E-state index contributed by atoms with van der Waals surface area (Å²) < 4.78 is 0. The SMILES string of the molecule is Cc1cc(C(C)C)ccc1-c1ccc2c(c1)CCN[C@@H]2CCc1cnccc1C(=O)O.Cc1cc(C(C)C)ccc1-c1ccc2c(c1)CCN[C@H]2CCc1cnccc1C(=O)O. The van der Waals surface area contributed by atoms with Crippen molar-refractivity contribution in [3.8, 4) is 22.3 Å². The standard InChI is InChI=1S/2C27H30N2O2/c2*1-17(2)19-4-7-23(18(3)14-19)20-5-8-24-21(15-20)10-13-29-26(24)9-6-22-16-28-12-11-25(22)27(30)31/h2*4-5,7-8,11-12,14-17,26,29H,6,9-10,13H2,1-3H3,(H,30,31)/t2*26-/m10/s1. The van der Waals surface area contributed by atoms with E-state index in [1.165, 1.54) is 66.8 Å². The third kappa shape index (κ3) is 10.2. The van der Waals surface area contributed by atoms with Crippen molar-refractivity contribution in [1.82, 2.24) is 20.6 Å². The molecule has 0 unspecified atom stereocenters.